The number of hydrogen-bond donors (Lipinski definition) is 2. The predicted octanol–water partition coefficient (Wildman–Crippen LogP) is -0.0318. The molecule has 0 aromatic carbocycles. The second-order valence-electron chi connectivity index (χ2n) is 4.28. The molecule has 1 amide bonds. The zero-order valence-corrected chi connectivity index (χ0v) is 9.81. The first-order chi connectivity index (χ1) is 6.04. The highest BCUT2D eigenvalue weighted by atomic mass is 32.2. The molecule has 0 bridgehead atoms. The minimum Gasteiger partial charge on any atom is -0.325 e. The summed E-state index contributed by atoms with van der Waals surface area (Å²) in [6.07, 6.45) is -0.0149. The fourth-order valence-corrected chi connectivity index (χ4v) is 1.35. The van der Waals surface area contributed by atoms with E-state index in [9.17, 15) is 13.2 Å². The van der Waals surface area contributed by atoms with E-state index < -0.39 is 26.7 Å². The predicted molar refractivity (Wildman–Crippen MR) is 55.1 cm³/mol. The standard InChI is InChI=1S/C8H18N2O3S/c1-6(2)14(12,13)10-7(11)5-8(3,4)9/h6H,5,9H2,1-4H3,(H,10,11). The lowest BCUT2D eigenvalue weighted by Crippen LogP contribution is -2.42. The first-order valence-corrected chi connectivity index (χ1v) is 5.92. The monoisotopic (exact) mass is 222 g/mol. The van der Waals surface area contributed by atoms with E-state index in [2.05, 4.69) is 0 Å². The largest absolute Gasteiger partial charge is 0.325 e. The Hall–Kier alpha value is -0.620. The van der Waals surface area contributed by atoms with E-state index in [1.807, 2.05) is 4.72 Å². The van der Waals surface area contributed by atoms with Gasteiger partial charge in [0.25, 0.3) is 0 Å². The van der Waals surface area contributed by atoms with Gasteiger partial charge in [0, 0.05) is 12.0 Å². The molecule has 0 saturated carbocycles. The zero-order chi connectivity index (χ0) is 11.6. The summed E-state index contributed by atoms with van der Waals surface area (Å²) in [5, 5.41) is -0.618. The quantitative estimate of drug-likeness (QED) is 0.699. The van der Waals surface area contributed by atoms with Crippen LogP contribution in [0.25, 0.3) is 0 Å². The summed E-state index contributed by atoms with van der Waals surface area (Å²) < 4.78 is 24.5. The van der Waals surface area contributed by atoms with E-state index in [4.69, 9.17) is 5.73 Å². The van der Waals surface area contributed by atoms with Crippen LogP contribution in [0.15, 0.2) is 0 Å². The van der Waals surface area contributed by atoms with Gasteiger partial charge in [0.2, 0.25) is 15.9 Å². The molecule has 84 valence electrons. The zero-order valence-electron chi connectivity index (χ0n) is 8.99. The lowest BCUT2D eigenvalue weighted by Gasteiger charge is -2.18. The molecule has 0 aliphatic carbocycles. The highest BCUT2D eigenvalue weighted by molar-refractivity contribution is 7.90. The van der Waals surface area contributed by atoms with Crippen molar-refractivity contribution in [1.29, 1.82) is 0 Å². The van der Waals surface area contributed by atoms with E-state index in [0.29, 0.717) is 0 Å². The number of nitrogens with one attached hydrogen (secondary N) is 1. The van der Waals surface area contributed by atoms with Crippen molar-refractivity contribution >= 4 is 15.9 Å². The molecule has 6 heteroatoms. The highest BCUT2D eigenvalue weighted by Gasteiger charge is 2.22. The SMILES string of the molecule is CC(C)S(=O)(=O)NC(=O)CC(C)(C)N. The van der Waals surface area contributed by atoms with Crippen LogP contribution in [0.1, 0.15) is 34.1 Å². The van der Waals surface area contributed by atoms with Gasteiger partial charge in [-0.05, 0) is 27.7 Å². The van der Waals surface area contributed by atoms with E-state index in [-0.39, 0.29) is 6.42 Å². The van der Waals surface area contributed by atoms with Crippen LogP contribution in [0.5, 0.6) is 0 Å². The minimum absolute atomic E-state index is 0.0149. The van der Waals surface area contributed by atoms with Gasteiger partial charge in [0.15, 0.2) is 0 Å². The lowest BCUT2D eigenvalue weighted by atomic mass is 10.0. The summed E-state index contributed by atoms with van der Waals surface area (Å²) in [6.45, 7) is 6.33. The van der Waals surface area contributed by atoms with E-state index in [0.717, 1.165) is 0 Å². The average Bonchev–Trinajstić information content (AvgIpc) is 1.79. The van der Waals surface area contributed by atoms with Crippen molar-refractivity contribution in [1.82, 2.24) is 4.72 Å². The normalized spacial score (nSPS) is 13.0. The van der Waals surface area contributed by atoms with Crippen molar-refractivity contribution in [2.24, 2.45) is 5.73 Å². The van der Waals surface area contributed by atoms with Gasteiger partial charge in [-0.3, -0.25) is 9.52 Å². The Morgan fingerprint density at radius 2 is 1.86 bits per heavy atom. The van der Waals surface area contributed by atoms with Crippen LogP contribution >= 0.6 is 0 Å². The average molecular weight is 222 g/mol. The first kappa shape index (κ1) is 13.4. The second kappa shape index (κ2) is 4.27. The summed E-state index contributed by atoms with van der Waals surface area (Å²) in [5.41, 5.74) is 4.88. The molecule has 0 saturated heterocycles. The fraction of sp³-hybridized carbons (Fsp3) is 0.875. The van der Waals surface area contributed by atoms with Crippen LogP contribution in [0, 0.1) is 0 Å². The summed E-state index contributed by atoms with van der Waals surface area (Å²) >= 11 is 0. The van der Waals surface area contributed by atoms with Gasteiger partial charge in [-0.1, -0.05) is 0 Å². The molecule has 0 heterocycles. The number of rotatable bonds is 4. The third kappa shape index (κ3) is 5.18. The topological polar surface area (TPSA) is 89.3 Å². The molecule has 5 nitrogen and oxygen atoms in total. The minimum atomic E-state index is -3.52. The highest BCUT2D eigenvalue weighted by Crippen LogP contribution is 2.04. The molecular weight excluding hydrogens is 204 g/mol. The molecule has 14 heavy (non-hydrogen) atoms. The van der Waals surface area contributed by atoms with Crippen LogP contribution < -0.4 is 10.5 Å². The third-order valence-corrected chi connectivity index (χ3v) is 3.25. The molecule has 0 rings (SSSR count). The van der Waals surface area contributed by atoms with E-state index >= 15 is 0 Å². The number of carbonyl (C=O) groups excluding carboxylic acids is 1. The van der Waals surface area contributed by atoms with Crippen LogP contribution in [-0.4, -0.2) is 25.1 Å². The Bertz CT molecular complexity index is 301. The maximum absolute atomic E-state index is 11.3. The molecule has 0 aliphatic heterocycles. The van der Waals surface area contributed by atoms with Crippen molar-refractivity contribution < 1.29 is 13.2 Å². The van der Waals surface area contributed by atoms with Gasteiger partial charge in [-0.25, -0.2) is 8.42 Å². The fourth-order valence-electron chi connectivity index (χ4n) is 0.726. The smallest absolute Gasteiger partial charge is 0.237 e. The molecule has 0 spiro atoms. The Labute approximate surface area is 85.1 Å². The number of nitrogens with two attached hydrogens (primary N) is 1. The lowest BCUT2D eigenvalue weighted by molar-refractivity contribution is -0.120. The van der Waals surface area contributed by atoms with Crippen LogP contribution in [0.2, 0.25) is 0 Å². The molecule has 0 atom stereocenters. The Morgan fingerprint density at radius 3 is 2.14 bits per heavy atom. The van der Waals surface area contributed by atoms with Crippen molar-refractivity contribution in [2.75, 3.05) is 0 Å². The summed E-state index contributed by atoms with van der Waals surface area (Å²) in [6, 6.07) is 0. The number of hydrogen-bond acceptors (Lipinski definition) is 4. The summed E-state index contributed by atoms with van der Waals surface area (Å²) in [7, 11) is -3.52. The van der Waals surface area contributed by atoms with Crippen LogP contribution in [0.3, 0.4) is 0 Å². The Morgan fingerprint density at radius 1 is 1.43 bits per heavy atom. The van der Waals surface area contributed by atoms with Crippen molar-refractivity contribution in [3.05, 3.63) is 0 Å². The number of amides is 1. The van der Waals surface area contributed by atoms with Gasteiger partial charge < -0.3 is 5.73 Å². The Kier molecular flexibility index (Phi) is 4.08. The van der Waals surface area contributed by atoms with Gasteiger partial charge in [0.05, 0.1) is 5.25 Å². The first-order valence-electron chi connectivity index (χ1n) is 4.38. The Balaban J connectivity index is 4.36. The van der Waals surface area contributed by atoms with E-state index in [1.54, 1.807) is 13.8 Å². The molecule has 0 aliphatic rings. The van der Waals surface area contributed by atoms with E-state index in [1.165, 1.54) is 13.8 Å². The number of sulfonamides is 1. The summed E-state index contributed by atoms with van der Waals surface area (Å²) in [5.74, 6) is -0.564. The summed E-state index contributed by atoms with van der Waals surface area (Å²) in [4.78, 5) is 11.2. The molecular formula is C8H18N2O3S. The molecule has 0 aromatic heterocycles. The second-order valence-corrected chi connectivity index (χ2v) is 6.52. The van der Waals surface area contributed by atoms with Gasteiger partial charge >= 0.3 is 0 Å². The third-order valence-electron chi connectivity index (χ3n) is 1.49. The van der Waals surface area contributed by atoms with Crippen LogP contribution in [-0.2, 0) is 14.8 Å². The van der Waals surface area contributed by atoms with Crippen molar-refractivity contribution in [2.45, 2.75) is 44.9 Å². The molecule has 0 fully saturated rings. The number of carbonyl (C=O) groups is 1. The maximum atomic E-state index is 11.3. The van der Waals surface area contributed by atoms with Crippen LogP contribution in [0.4, 0.5) is 0 Å². The molecule has 0 aromatic rings. The molecule has 0 radical (unpaired) electrons. The maximum Gasteiger partial charge on any atom is 0.237 e. The van der Waals surface area contributed by atoms with Gasteiger partial charge in [-0.2, -0.15) is 0 Å². The van der Waals surface area contributed by atoms with Gasteiger partial charge in [-0.15, -0.1) is 0 Å². The molecule has 3 N–H and O–H groups in total. The molecule has 0 unspecified atom stereocenters. The van der Waals surface area contributed by atoms with Gasteiger partial charge in [0.1, 0.15) is 0 Å². The van der Waals surface area contributed by atoms with Crippen molar-refractivity contribution in [3.63, 3.8) is 0 Å². The van der Waals surface area contributed by atoms with Crippen molar-refractivity contribution in [3.8, 4) is 0 Å².